The first kappa shape index (κ1) is 17.7. The van der Waals surface area contributed by atoms with Gasteiger partial charge in [0.25, 0.3) is 0 Å². The minimum absolute atomic E-state index is 0.0290. The third-order valence-electron chi connectivity index (χ3n) is 5.93. The van der Waals surface area contributed by atoms with Crippen molar-refractivity contribution in [1.29, 1.82) is 0 Å². The minimum Gasteiger partial charge on any atom is -0.247 e. The van der Waals surface area contributed by atoms with Crippen molar-refractivity contribution in [2.45, 2.75) is 63.7 Å². The van der Waals surface area contributed by atoms with Crippen LogP contribution in [0.3, 0.4) is 0 Å². The third kappa shape index (κ3) is 3.31. The van der Waals surface area contributed by atoms with Crippen molar-refractivity contribution in [1.82, 2.24) is 0 Å². The van der Waals surface area contributed by atoms with Gasteiger partial charge < -0.3 is 0 Å². The number of halogens is 5. The average Bonchev–Trinajstić information content (AvgIpc) is 2.87. The molecule has 2 saturated carbocycles. The van der Waals surface area contributed by atoms with E-state index in [-0.39, 0.29) is 17.8 Å². The minimum atomic E-state index is -1.47. The molecule has 24 heavy (non-hydrogen) atoms. The fourth-order valence-corrected chi connectivity index (χ4v) is 4.72. The van der Waals surface area contributed by atoms with Crippen LogP contribution in [0.25, 0.3) is 0 Å². The Labute approximate surface area is 139 Å². The molecule has 2 aliphatic carbocycles. The standard InChI is InChI=1S/C19H23F5/c1-2-3-14-15(20)6-11-4-10(5-12(11)7-16(14)21)13-8-17(22)19(24)18(23)9-13/h8-12,14-16H,2-7H2,1H3. The van der Waals surface area contributed by atoms with Gasteiger partial charge in [-0.15, -0.1) is 0 Å². The van der Waals surface area contributed by atoms with E-state index >= 15 is 0 Å². The summed E-state index contributed by atoms with van der Waals surface area (Å²) in [5.41, 5.74) is 0.399. The summed E-state index contributed by atoms with van der Waals surface area (Å²) >= 11 is 0. The van der Waals surface area contributed by atoms with Crippen molar-refractivity contribution in [2.75, 3.05) is 0 Å². The molecule has 4 atom stereocenters. The van der Waals surface area contributed by atoms with E-state index in [1.54, 1.807) is 0 Å². The first-order valence-corrected chi connectivity index (χ1v) is 8.83. The Hall–Kier alpha value is -1.13. The summed E-state index contributed by atoms with van der Waals surface area (Å²) in [5, 5.41) is 0. The monoisotopic (exact) mass is 346 g/mol. The smallest absolute Gasteiger partial charge is 0.194 e. The summed E-state index contributed by atoms with van der Waals surface area (Å²) in [7, 11) is 0. The van der Waals surface area contributed by atoms with E-state index in [9.17, 15) is 22.0 Å². The quantitative estimate of drug-likeness (QED) is 0.458. The highest BCUT2D eigenvalue weighted by atomic mass is 19.2. The second-order valence-corrected chi connectivity index (χ2v) is 7.44. The van der Waals surface area contributed by atoms with Crippen molar-refractivity contribution < 1.29 is 22.0 Å². The van der Waals surface area contributed by atoms with Gasteiger partial charge >= 0.3 is 0 Å². The van der Waals surface area contributed by atoms with E-state index in [0.717, 1.165) is 18.6 Å². The number of hydrogen-bond donors (Lipinski definition) is 0. The molecule has 0 amide bonds. The van der Waals surface area contributed by atoms with Crippen LogP contribution in [0.4, 0.5) is 22.0 Å². The van der Waals surface area contributed by atoms with Crippen LogP contribution in [0.5, 0.6) is 0 Å². The van der Waals surface area contributed by atoms with Crippen molar-refractivity contribution in [3.63, 3.8) is 0 Å². The molecule has 0 bridgehead atoms. The molecule has 5 heteroatoms. The first-order valence-electron chi connectivity index (χ1n) is 8.83. The van der Waals surface area contributed by atoms with Crippen molar-refractivity contribution >= 4 is 0 Å². The number of fused-ring (bicyclic) bond motifs is 1. The fraction of sp³-hybridized carbons (Fsp3) is 0.684. The van der Waals surface area contributed by atoms with E-state index in [1.807, 2.05) is 6.92 Å². The van der Waals surface area contributed by atoms with Gasteiger partial charge in [-0.25, -0.2) is 22.0 Å². The molecule has 2 fully saturated rings. The molecule has 0 saturated heterocycles. The van der Waals surface area contributed by atoms with E-state index in [2.05, 4.69) is 0 Å². The van der Waals surface area contributed by atoms with Gasteiger partial charge in [0.15, 0.2) is 17.5 Å². The summed E-state index contributed by atoms with van der Waals surface area (Å²) in [6.07, 6.45) is 0.807. The van der Waals surface area contributed by atoms with E-state index in [1.165, 1.54) is 0 Å². The van der Waals surface area contributed by atoms with Crippen LogP contribution in [0.15, 0.2) is 12.1 Å². The predicted octanol–water partition coefficient (Wildman–Crippen LogP) is 6.10. The Balaban J connectivity index is 1.76. The third-order valence-corrected chi connectivity index (χ3v) is 5.93. The van der Waals surface area contributed by atoms with Crippen LogP contribution >= 0.6 is 0 Å². The van der Waals surface area contributed by atoms with Crippen LogP contribution in [0.1, 0.15) is 56.9 Å². The Morgan fingerprint density at radius 2 is 1.38 bits per heavy atom. The van der Waals surface area contributed by atoms with E-state index in [0.29, 0.717) is 37.7 Å². The lowest BCUT2D eigenvalue weighted by molar-refractivity contribution is 0.114. The largest absolute Gasteiger partial charge is 0.247 e. The molecule has 0 radical (unpaired) electrons. The normalized spacial score (nSPS) is 36.4. The molecule has 0 aliphatic heterocycles. The number of hydrogen-bond acceptors (Lipinski definition) is 0. The molecular formula is C19H23F5. The van der Waals surface area contributed by atoms with Crippen LogP contribution in [-0.4, -0.2) is 12.3 Å². The zero-order valence-corrected chi connectivity index (χ0v) is 13.8. The molecule has 2 aliphatic rings. The lowest BCUT2D eigenvalue weighted by Crippen LogP contribution is -2.25. The molecular weight excluding hydrogens is 323 g/mol. The zero-order valence-electron chi connectivity index (χ0n) is 13.8. The highest BCUT2D eigenvalue weighted by molar-refractivity contribution is 5.24. The van der Waals surface area contributed by atoms with Gasteiger partial charge in [-0.05, 0) is 67.6 Å². The molecule has 0 nitrogen and oxygen atoms in total. The highest BCUT2D eigenvalue weighted by Crippen LogP contribution is 2.50. The second-order valence-electron chi connectivity index (χ2n) is 7.44. The average molecular weight is 346 g/mol. The molecule has 4 unspecified atom stereocenters. The van der Waals surface area contributed by atoms with E-state index < -0.39 is 35.7 Å². The Morgan fingerprint density at radius 1 is 0.875 bits per heavy atom. The molecule has 0 spiro atoms. The van der Waals surface area contributed by atoms with Gasteiger partial charge in [-0.1, -0.05) is 13.3 Å². The molecule has 0 aromatic heterocycles. The summed E-state index contributed by atoms with van der Waals surface area (Å²) in [6, 6.07) is 2.04. The highest BCUT2D eigenvalue weighted by Gasteiger charge is 2.44. The number of rotatable bonds is 3. The Bertz CT molecular complexity index is 544. The van der Waals surface area contributed by atoms with Crippen LogP contribution in [-0.2, 0) is 0 Å². The summed E-state index contributed by atoms with van der Waals surface area (Å²) in [6.45, 7) is 1.93. The lowest BCUT2D eigenvalue weighted by Gasteiger charge is -2.22. The SMILES string of the molecule is CCCC1C(F)CC2CC(c3cc(F)c(F)c(F)c3)CC2CC1F. The summed E-state index contributed by atoms with van der Waals surface area (Å²) < 4.78 is 69.0. The Kier molecular flexibility index (Phi) is 5.16. The maximum absolute atomic E-state index is 14.5. The van der Waals surface area contributed by atoms with Gasteiger partial charge in [0.2, 0.25) is 0 Å². The topological polar surface area (TPSA) is 0 Å². The van der Waals surface area contributed by atoms with Gasteiger partial charge in [0.05, 0.1) is 0 Å². The molecule has 1 aromatic carbocycles. The predicted molar refractivity (Wildman–Crippen MR) is 82.7 cm³/mol. The van der Waals surface area contributed by atoms with Crippen molar-refractivity contribution in [3.8, 4) is 0 Å². The fourth-order valence-electron chi connectivity index (χ4n) is 4.72. The van der Waals surface area contributed by atoms with Gasteiger partial charge in [0.1, 0.15) is 12.3 Å². The number of benzene rings is 1. The Morgan fingerprint density at radius 3 is 1.83 bits per heavy atom. The summed E-state index contributed by atoms with van der Waals surface area (Å²) in [4.78, 5) is 0. The maximum atomic E-state index is 14.5. The van der Waals surface area contributed by atoms with Crippen LogP contribution < -0.4 is 0 Å². The van der Waals surface area contributed by atoms with Crippen LogP contribution in [0.2, 0.25) is 0 Å². The van der Waals surface area contributed by atoms with Crippen molar-refractivity contribution in [2.24, 2.45) is 17.8 Å². The number of alkyl halides is 2. The van der Waals surface area contributed by atoms with E-state index in [4.69, 9.17) is 0 Å². The van der Waals surface area contributed by atoms with Crippen LogP contribution in [0, 0.1) is 35.2 Å². The summed E-state index contributed by atoms with van der Waals surface area (Å²) in [5.74, 6) is -4.51. The van der Waals surface area contributed by atoms with Gasteiger partial charge in [-0.2, -0.15) is 0 Å². The first-order chi connectivity index (χ1) is 11.4. The molecule has 1 aromatic rings. The van der Waals surface area contributed by atoms with Gasteiger partial charge in [0, 0.05) is 5.92 Å². The maximum Gasteiger partial charge on any atom is 0.194 e. The molecule has 3 rings (SSSR count). The second kappa shape index (κ2) is 7.01. The van der Waals surface area contributed by atoms with Gasteiger partial charge in [-0.3, -0.25) is 0 Å². The molecule has 0 heterocycles. The molecule has 0 N–H and O–H groups in total. The zero-order chi connectivity index (χ0) is 17.4. The lowest BCUT2D eigenvalue weighted by atomic mass is 9.88. The molecule has 134 valence electrons. The van der Waals surface area contributed by atoms with Crippen molar-refractivity contribution in [3.05, 3.63) is 35.1 Å².